The zero-order valence-corrected chi connectivity index (χ0v) is 21.8. The lowest BCUT2D eigenvalue weighted by Gasteiger charge is -2.22. The summed E-state index contributed by atoms with van der Waals surface area (Å²) < 4.78 is 7.00. The first-order valence-electron chi connectivity index (χ1n) is 11.9. The molecule has 4 rings (SSSR count). The van der Waals surface area contributed by atoms with Crippen molar-refractivity contribution in [2.75, 3.05) is 32.1 Å². The van der Waals surface area contributed by atoms with Gasteiger partial charge in [0.1, 0.15) is 6.54 Å². The smallest absolute Gasteiger partial charge is 0.254 e. The molecule has 0 fully saturated rings. The molecular formula is C29H29ClN4O3. The number of benzene rings is 3. The highest BCUT2D eigenvalue weighted by Crippen LogP contribution is 2.25. The molecule has 4 aromatic rings. The summed E-state index contributed by atoms with van der Waals surface area (Å²) in [5, 5.41) is 3.44. The van der Waals surface area contributed by atoms with Crippen molar-refractivity contribution >= 4 is 29.4 Å². The van der Waals surface area contributed by atoms with Gasteiger partial charge in [0.25, 0.3) is 5.91 Å². The van der Waals surface area contributed by atoms with Crippen molar-refractivity contribution in [3.8, 4) is 16.9 Å². The third-order valence-corrected chi connectivity index (χ3v) is 6.15. The normalized spacial score (nSPS) is 10.8. The van der Waals surface area contributed by atoms with Gasteiger partial charge < -0.3 is 9.64 Å². The van der Waals surface area contributed by atoms with Crippen molar-refractivity contribution in [1.82, 2.24) is 14.5 Å². The van der Waals surface area contributed by atoms with Crippen LogP contribution in [-0.2, 0) is 9.53 Å². The van der Waals surface area contributed by atoms with Crippen LogP contribution in [0, 0.1) is 13.8 Å². The van der Waals surface area contributed by atoms with Gasteiger partial charge in [0.05, 0.1) is 12.3 Å². The van der Waals surface area contributed by atoms with Gasteiger partial charge >= 0.3 is 0 Å². The maximum atomic E-state index is 13.2. The second kappa shape index (κ2) is 11.9. The number of ether oxygens (including phenoxy) is 1. The summed E-state index contributed by atoms with van der Waals surface area (Å²) in [6.07, 6.45) is 1.90. The van der Waals surface area contributed by atoms with Crippen LogP contribution in [0.15, 0.2) is 79.0 Å². The number of nitrogens with one attached hydrogen (secondary N) is 1. The van der Waals surface area contributed by atoms with Gasteiger partial charge in [0.2, 0.25) is 11.9 Å². The number of amides is 2. The molecule has 0 aliphatic carbocycles. The molecular weight excluding hydrogens is 488 g/mol. The van der Waals surface area contributed by atoms with E-state index in [9.17, 15) is 9.59 Å². The van der Waals surface area contributed by atoms with Gasteiger partial charge in [0.15, 0.2) is 0 Å². The van der Waals surface area contributed by atoms with Crippen LogP contribution < -0.4 is 5.32 Å². The van der Waals surface area contributed by atoms with E-state index in [0.29, 0.717) is 23.1 Å². The van der Waals surface area contributed by atoms with E-state index in [1.165, 1.54) is 4.90 Å². The van der Waals surface area contributed by atoms with E-state index in [2.05, 4.69) is 5.32 Å². The van der Waals surface area contributed by atoms with Crippen LogP contribution in [0.4, 0.5) is 5.95 Å². The van der Waals surface area contributed by atoms with Crippen LogP contribution in [-0.4, -0.2) is 53.1 Å². The Morgan fingerprint density at radius 2 is 1.57 bits per heavy atom. The van der Waals surface area contributed by atoms with Gasteiger partial charge in [-0.3, -0.25) is 19.5 Å². The molecule has 0 aliphatic heterocycles. The minimum absolute atomic E-state index is 0.161. The molecule has 3 aromatic carbocycles. The van der Waals surface area contributed by atoms with Crippen molar-refractivity contribution in [2.24, 2.45) is 0 Å². The van der Waals surface area contributed by atoms with Gasteiger partial charge in [-0.05, 0) is 50.2 Å². The van der Waals surface area contributed by atoms with Crippen LogP contribution in [0.1, 0.15) is 21.5 Å². The second-order valence-electron chi connectivity index (χ2n) is 8.80. The zero-order chi connectivity index (χ0) is 26.4. The molecule has 1 heterocycles. The van der Waals surface area contributed by atoms with Gasteiger partial charge in [-0.25, -0.2) is 4.98 Å². The highest BCUT2D eigenvalue weighted by Gasteiger charge is 2.21. The fraction of sp³-hybridized carbons (Fsp3) is 0.207. The molecule has 1 aromatic heterocycles. The van der Waals surface area contributed by atoms with Crippen molar-refractivity contribution < 1.29 is 14.3 Å². The largest absolute Gasteiger partial charge is 0.383 e. The van der Waals surface area contributed by atoms with Gasteiger partial charge in [-0.15, -0.1) is 0 Å². The van der Waals surface area contributed by atoms with Gasteiger partial charge in [-0.1, -0.05) is 59.1 Å². The summed E-state index contributed by atoms with van der Waals surface area (Å²) in [5.74, 6) is -0.283. The summed E-state index contributed by atoms with van der Waals surface area (Å²) in [6.45, 7) is 4.44. The van der Waals surface area contributed by atoms with Crippen molar-refractivity contribution in [3.05, 3.63) is 101 Å². The minimum atomic E-state index is -0.368. The number of aromatic nitrogens is 2. The molecule has 0 atom stereocenters. The number of aryl methyl sites for hydroxylation is 2. The molecule has 8 heteroatoms. The predicted octanol–water partition coefficient (Wildman–Crippen LogP) is 5.54. The lowest BCUT2D eigenvalue weighted by atomic mass is 10.1. The number of anilines is 1. The van der Waals surface area contributed by atoms with Crippen molar-refractivity contribution in [1.29, 1.82) is 0 Å². The number of hydrogen-bond donors (Lipinski definition) is 1. The molecule has 190 valence electrons. The number of methoxy groups -OCH3 is 1. The minimum Gasteiger partial charge on any atom is -0.383 e. The molecule has 1 N–H and O–H groups in total. The summed E-state index contributed by atoms with van der Waals surface area (Å²) in [5.41, 5.74) is 5.24. The van der Waals surface area contributed by atoms with Gasteiger partial charge in [-0.2, -0.15) is 0 Å². The monoisotopic (exact) mass is 516 g/mol. The third-order valence-electron chi connectivity index (χ3n) is 5.89. The number of hydrogen-bond acceptors (Lipinski definition) is 4. The number of halogens is 1. The van der Waals surface area contributed by atoms with Crippen LogP contribution in [0.5, 0.6) is 0 Å². The van der Waals surface area contributed by atoms with E-state index >= 15 is 0 Å². The first-order valence-corrected chi connectivity index (χ1v) is 12.3. The summed E-state index contributed by atoms with van der Waals surface area (Å²) in [7, 11) is 1.55. The van der Waals surface area contributed by atoms with Crippen molar-refractivity contribution in [2.45, 2.75) is 13.8 Å². The van der Waals surface area contributed by atoms with Gasteiger partial charge in [0, 0.05) is 41.7 Å². The summed E-state index contributed by atoms with van der Waals surface area (Å²) in [6, 6.07) is 22.6. The maximum Gasteiger partial charge on any atom is 0.254 e. The highest BCUT2D eigenvalue weighted by molar-refractivity contribution is 6.30. The van der Waals surface area contributed by atoms with E-state index in [1.54, 1.807) is 31.4 Å². The van der Waals surface area contributed by atoms with E-state index < -0.39 is 0 Å². The Balaban J connectivity index is 1.60. The van der Waals surface area contributed by atoms with Crippen LogP contribution >= 0.6 is 11.6 Å². The van der Waals surface area contributed by atoms with E-state index in [-0.39, 0.29) is 24.9 Å². The SMILES string of the molecule is COCCN(CC(=O)Nc1nc(-c2ccc(C)cc2)cn1-c1ccc(C)cc1)C(=O)c1ccc(Cl)cc1. The van der Waals surface area contributed by atoms with Crippen LogP contribution in [0.25, 0.3) is 16.9 Å². The van der Waals surface area contributed by atoms with Crippen LogP contribution in [0.2, 0.25) is 5.02 Å². The fourth-order valence-corrected chi connectivity index (χ4v) is 3.93. The molecule has 0 unspecified atom stereocenters. The molecule has 37 heavy (non-hydrogen) atoms. The third kappa shape index (κ3) is 6.64. The number of carbonyl (C=O) groups is 2. The topological polar surface area (TPSA) is 76.5 Å². The Labute approximate surface area is 221 Å². The maximum absolute atomic E-state index is 13.2. The Hall–Kier alpha value is -3.94. The average Bonchev–Trinajstić information content (AvgIpc) is 3.31. The van der Waals surface area contributed by atoms with Crippen molar-refractivity contribution in [3.63, 3.8) is 0 Å². The lowest BCUT2D eigenvalue weighted by Crippen LogP contribution is -2.40. The van der Waals surface area contributed by atoms with E-state index in [0.717, 1.165) is 28.1 Å². The number of imidazole rings is 1. The molecule has 0 radical (unpaired) electrons. The molecule has 0 saturated heterocycles. The first kappa shape index (κ1) is 26.1. The molecule has 0 spiro atoms. The number of carbonyl (C=O) groups excluding carboxylic acids is 2. The average molecular weight is 517 g/mol. The Morgan fingerprint density at radius 3 is 2.19 bits per heavy atom. The van der Waals surface area contributed by atoms with E-state index in [4.69, 9.17) is 21.3 Å². The molecule has 0 saturated carbocycles. The molecule has 0 aliphatic rings. The number of rotatable bonds is 9. The molecule has 2 amide bonds. The highest BCUT2D eigenvalue weighted by atomic mass is 35.5. The Bertz CT molecular complexity index is 1360. The number of nitrogens with zero attached hydrogens (tertiary/aromatic N) is 3. The quantitative estimate of drug-likeness (QED) is 0.317. The van der Waals surface area contributed by atoms with Crippen LogP contribution in [0.3, 0.4) is 0 Å². The zero-order valence-electron chi connectivity index (χ0n) is 21.1. The second-order valence-corrected chi connectivity index (χ2v) is 9.23. The molecule has 7 nitrogen and oxygen atoms in total. The summed E-state index contributed by atoms with van der Waals surface area (Å²) in [4.78, 5) is 32.5. The first-order chi connectivity index (χ1) is 17.8. The fourth-order valence-electron chi connectivity index (χ4n) is 3.80. The summed E-state index contributed by atoms with van der Waals surface area (Å²) >= 11 is 5.96. The standard InChI is InChI=1S/C29H29ClN4O3/c1-20-4-8-22(9-5-20)26-18-34(25-14-6-21(2)7-15-25)29(31-26)32-27(35)19-33(16-17-37-3)28(36)23-10-12-24(30)13-11-23/h4-15,18H,16-17,19H2,1-3H3,(H,31,32,35). The molecule has 0 bridgehead atoms. The lowest BCUT2D eigenvalue weighted by molar-refractivity contribution is -0.117. The Morgan fingerprint density at radius 1 is 0.946 bits per heavy atom. The van der Waals surface area contributed by atoms with E-state index in [1.807, 2.05) is 73.1 Å². The Kier molecular flexibility index (Phi) is 8.38. The predicted molar refractivity (Wildman–Crippen MR) is 146 cm³/mol.